The van der Waals surface area contributed by atoms with E-state index >= 15 is 0 Å². The molecule has 0 fully saturated rings. The number of aromatic nitrogens is 1. The Morgan fingerprint density at radius 3 is 2.75 bits per heavy atom. The van der Waals surface area contributed by atoms with E-state index in [-0.39, 0.29) is 5.56 Å². The lowest BCUT2D eigenvalue weighted by Crippen LogP contribution is -2.19. The van der Waals surface area contributed by atoms with Crippen LogP contribution in [0.5, 0.6) is 0 Å². The van der Waals surface area contributed by atoms with E-state index in [0.29, 0.717) is 5.69 Å². The van der Waals surface area contributed by atoms with E-state index in [2.05, 4.69) is 0 Å². The Morgan fingerprint density at radius 1 is 1.15 bits per heavy atom. The van der Waals surface area contributed by atoms with Gasteiger partial charge in [0.05, 0.1) is 5.52 Å². The van der Waals surface area contributed by atoms with Crippen molar-refractivity contribution in [2.24, 2.45) is 0 Å². The molecule has 0 saturated heterocycles. The van der Waals surface area contributed by atoms with Crippen LogP contribution in [-0.4, -0.2) is 15.7 Å². The van der Waals surface area contributed by atoms with Crippen molar-refractivity contribution in [2.75, 3.05) is 0 Å². The van der Waals surface area contributed by atoms with Crippen LogP contribution in [0.15, 0.2) is 54.7 Å². The summed E-state index contributed by atoms with van der Waals surface area (Å²) in [6.07, 6.45) is 1.81. The maximum atomic E-state index is 13.6. The number of carbonyl (C=O) groups excluding carboxylic acids is 1. The zero-order valence-corrected chi connectivity index (χ0v) is 10.4. The average molecular weight is 270 g/mol. The van der Waals surface area contributed by atoms with Crippen LogP contribution in [0.2, 0.25) is 0 Å². The topological polar surface area (TPSA) is 54.3 Å². The first-order valence-electron chi connectivity index (χ1n) is 6.00. The lowest BCUT2D eigenvalue weighted by Gasteiger charge is -2.08. The van der Waals surface area contributed by atoms with Crippen molar-refractivity contribution < 1.29 is 14.4 Å². The third-order valence-corrected chi connectivity index (χ3v) is 3.12. The summed E-state index contributed by atoms with van der Waals surface area (Å²) < 4.78 is 15.4. The molecular weight excluding hydrogens is 259 g/mol. The molecule has 0 aliphatic heterocycles. The van der Waals surface area contributed by atoms with Gasteiger partial charge in [-0.15, -0.1) is 0 Å². The minimum absolute atomic E-state index is 0.0558. The quantitative estimate of drug-likeness (QED) is 0.555. The van der Waals surface area contributed by atoms with Crippen molar-refractivity contribution in [2.45, 2.75) is 0 Å². The molecule has 3 aromatic rings. The minimum Gasteiger partial charge on any atom is -0.316 e. The van der Waals surface area contributed by atoms with Crippen LogP contribution >= 0.6 is 0 Å². The van der Waals surface area contributed by atoms with Gasteiger partial charge in [-0.25, -0.2) is 9.87 Å². The first-order chi connectivity index (χ1) is 9.69. The molecule has 2 aromatic carbocycles. The van der Waals surface area contributed by atoms with E-state index in [4.69, 9.17) is 5.21 Å². The first-order valence-corrected chi connectivity index (χ1v) is 6.00. The number of hydrogen-bond donors (Lipinski definition) is 2. The highest BCUT2D eigenvalue weighted by molar-refractivity contribution is 5.94. The number of nitrogens with zero attached hydrogens (tertiary/aromatic N) is 1. The van der Waals surface area contributed by atoms with E-state index < -0.39 is 11.7 Å². The molecule has 0 aliphatic carbocycles. The Kier molecular flexibility index (Phi) is 2.96. The van der Waals surface area contributed by atoms with Crippen molar-refractivity contribution in [1.82, 2.24) is 10.0 Å². The number of hydroxylamine groups is 1. The van der Waals surface area contributed by atoms with Crippen LogP contribution < -0.4 is 5.48 Å². The predicted octanol–water partition coefficient (Wildman–Crippen LogP) is 2.89. The van der Waals surface area contributed by atoms with Gasteiger partial charge in [-0.2, -0.15) is 0 Å². The third kappa shape index (κ3) is 2.04. The summed E-state index contributed by atoms with van der Waals surface area (Å²) in [7, 11) is 0. The summed E-state index contributed by atoms with van der Waals surface area (Å²) >= 11 is 0. The summed E-state index contributed by atoms with van der Waals surface area (Å²) in [4.78, 5) is 11.4. The molecule has 5 heteroatoms. The minimum atomic E-state index is -0.748. The zero-order chi connectivity index (χ0) is 14.1. The number of halogens is 1. The van der Waals surface area contributed by atoms with Gasteiger partial charge in [0.1, 0.15) is 5.82 Å². The number of para-hydroxylation sites is 1. The summed E-state index contributed by atoms with van der Waals surface area (Å²) in [6.45, 7) is 0. The summed E-state index contributed by atoms with van der Waals surface area (Å²) in [5.41, 5.74) is 2.99. The Bertz CT molecular complexity index is 795. The highest BCUT2D eigenvalue weighted by Gasteiger charge is 2.10. The highest BCUT2D eigenvalue weighted by Crippen LogP contribution is 2.21. The fourth-order valence-electron chi connectivity index (χ4n) is 2.22. The van der Waals surface area contributed by atoms with Crippen molar-refractivity contribution in [3.63, 3.8) is 0 Å². The van der Waals surface area contributed by atoms with Gasteiger partial charge >= 0.3 is 0 Å². The van der Waals surface area contributed by atoms with Crippen molar-refractivity contribution in [1.29, 1.82) is 0 Å². The van der Waals surface area contributed by atoms with Crippen LogP contribution in [-0.2, 0) is 0 Å². The molecule has 4 nitrogen and oxygen atoms in total. The van der Waals surface area contributed by atoms with Crippen molar-refractivity contribution in [3.05, 3.63) is 66.1 Å². The van der Waals surface area contributed by atoms with Crippen LogP contribution in [0, 0.1) is 5.82 Å². The van der Waals surface area contributed by atoms with Crippen molar-refractivity contribution >= 4 is 16.8 Å². The highest BCUT2D eigenvalue weighted by atomic mass is 19.1. The second kappa shape index (κ2) is 4.79. The molecule has 0 spiro atoms. The first kappa shape index (κ1) is 12.4. The predicted molar refractivity (Wildman–Crippen MR) is 72.5 cm³/mol. The monoisotopic (exact) mass is 270 g/mol. The Morgan fingerprint density at radius 2 is 1.95 bits per heavy atom. The number of carbonyl (C=O) groups is 1. The van der Waals surface area contributed by atoms with Gasteiger partial charge in [-0.05, 0) is 35.7 Å². The molecule has 20 heavy (non-hydrogen) atoms. The van der Waals surface area contributed by atoms with Gasteiger partial charge in [0.2, 0.25) is 0 Å². The number of nitrogens with one attached hydrogen (secondary N) is 1. The normalized spacial score (nSPS) is 10.7. The summed E-state index contributed by atoms with van der Waals surface area (Å²) in [6, 6.07) is 13.5. The third-order valence-electron chi connectivity index (χ3n) is 3.12. The zero-order valence-electron chi connectivity index (χ0n) is 10.4. The molecule has 100 valence electrons. The Balaban J connectivity index is 2.19. The van der Waals surface area contributed by atoms with E-state index in [1.807, 2.05) is 30.3 Å². The second-order valence-electron chi connectivity index (χ2n) is 4.38. The van der Waals surface area contributed by atoms with Crippen molar-refractivity contribution in [3.8, 4) is 5.69 Å². The summed E-state index contributed by atoms with van der Waals surface area (Å²) in [5, 5.41) is 9.66. The van der Waals surface area contributed by atoms with E-state index in [9.17, 15) is 9.18 Å². The maximum absolute atomic E-state index is 13.6. The maximum Gasteiger partial charge on any atom is 0.274 e. The molecule has 1 heterocycles. The largest absolute Gasteiger partial charge is 0.316 e. The SMILES string of the molecule is O=C(NO)c1cc(F)cc(-n2ccc3ccccc32)c1. The molecule has 0 aliphatic rings. The smallest absolute Gasteiger partial charge is 0.274 e. The van der Waals surface area contributed by atoms with E-state index in [0.717, 1.165) is 17.0 Å². The van der Waals surface area contributed by atoms with Gasteiger partial charge in [-0.3, -0.25) is 10.0 Å². The van der Waals surface area contributed by atoms with Gasteiger partial charge in [-0.1, -0.05) is 18.2 Å². The molecule has 0 radical (unpaired) electrons. The Labute approximate surface area is 114 Å². The van der Waals surface area contributed by atoms with Crippen LogP contribution in [0.3, 0.4) is 0 Å². The number of amides is 1. The fourth-order valence-corrected chi connectivity index (χ4v) is 2.22. The molecule has 0 atom stereocenters. The van der Waals surface area contributed by atoms with Gasteiger partial charge < -0.3 is 4.57 Å². The molecule has 2 N–H and O–H groups in total. The lowest BCUT2D eigenvalue weighted by molar-refractivity contribution is 0.0706. The molecule has 0 bridgehead atoms. The van der Waals surface area contributed by atoms with Gasteiger partial charge in [0.25, 0.3) is 5.91 Å². The molecular formula is C15H11FN2O2. The lowest BCUT2D eigenvalue weighted by atomic mass is 10.1. The molecule has 1 amide bonds. The number of fused-ring (bicyclic) bond motifs is 1. The second-order valence-corrected chi connectivity index (χ2v) is 4.38. The standard InChI is InChI=1S/C15H11FN2O2/c16-12-7-11(15(19)17-20)8-13(9-12)18-6-5-10-3-1-2-4-14(10)18/h1-9,20H,(H,17,19). The number of benzene rings is 2. The van der Waals surface area contributed by atoms with Crippen LogP contribution in [0.4, 0.5) is 4.39 Å². The van der Waals surface area contributed by atoms with E-state index in [1.54, 1.807) is 10.8 Å². The molecule has 1 aromatic heterocycles. The van der Waals surface area contributed by atoms with Gasteiger partial charge in [0.15, 0.2) is 0 Å². The average Bonchev–Trinajstić information content (AvgIpc) is 2.89. The fraction of sp³-hybridized carbons (Fsp3) is 0. The Hall–Kier alpha value is -2.66. The van der Waals surface area contributed by atoms with E-state index in [1.165, 1.54) is 17.6 Å². The summed E-state index contributed by atoms with van der Waals surface area (Å²) in [5.74, 6) is -1.29. The molecule has 0 saturated carbocycles. The molecule has 0 unspecified atom stereocenters. The van der Waals surface area contributed by atoms with Crippen LogP contribution in [0.25, 0.3) is 16.6 Å². The number of rotatable bonds is 2. The van der Waals surface area contributed by atoms with Crippen LogP contribution in [0.1, 0.15) is 10.4 Å². The van der Waals surface area contributed by atoms with Gasteiger partial charge in [0, 0.05) is 17.4 Å². The molecule has 3 rings (SSSR count). The number of hydrogen-bond acceptors (Lipinski definition) is 2.